The molecule has 0 bridgehead atoms. The van der Waals surface area contributed by atoms with Gasteiger partial charge in [0.25, 0.3) is 16.0 Å². The molecule has 0 aromatic carbocycles. The Morgan fingerprint density at radius 2 is 1.90 bits per heavy atom. The first-order chi connectivity index (χ1) is 19.9. The lowest BCUT2D eigenvalue weighted by Crippen LogP contribution is -2.55. The van der Waals surface area contributed by atoms with Crippen LogP contribution < -0.4 is 10.1 Å². The SMILES string of the molecule is CC[C@H]1C[C@H]2C3CC[C@H]([C@H](C)CCOc4ncc(C(=O)NCCS(=O)(=O)O)cc4Cl)[C@@]3(C)CC[C@@H]2[C@@]2(C)CCCC[C@@H]12. The molecule has 1 aromatic rings. The van der Waals surface area contributed by atoms with Crippen LogP contribution in [0.25, 0.3) is 0 Å². The van der Waals surface area contributed by atoms with Gasteiger partial charge < -0.3 is 10.1 Å². The van der Waals surface area contributed by atoms with Gasteiger partial charge in [-0.15, -0.1) is 0 Å². The smallest absolute Gasteiger partial charge is 0.266 e. The molecule has 9 heteroatoms. The van der Waals surface area contributed by atoms with Crippen molar-refractivity contribution in [2.45, 2.75) is 98.3 Å². The number of carbonyl (C=O) groups is 1. The van der Waals surface area contributed by atoms with Crippen LogP contribution in [0.3, 0.4) is 0 Å². The van der Waals surface area contributed by atoms with Crippen molar-refractivity contribution < 1.29 is 22.5 Å². The third kappa shape index (κ3) is 6.24. The molecule has 0 spiro atoms. The van der Waals surface area contributed by atoms with Gasteiger partial charge in [0.2, 0.25) is 5.88 Å². The van der Waals surface area contributed by atoms with Gasteiger partial charge in [0.1, 0.15) is 5.02 Å². The fraction of sp³-hybridized carbons (Fsp3) is 0.818. The number of carbonyl (C=O) groups excluding carboxylic acids is 1. The Hall–Kier alpha value is -1.38. The predicted molar refractivity (Wildman–Crippen MR) is 166 cm³/mol. The zero-order valence-corrected chi connectivity index (χ0v) is 27.5. The fourth-order valence-corrected chi connectivity index (χ4v) is 11.2. The maximum Gasteiger partial charge on any atom is 0.266 e. The molecule has 236 valence electrons. The van der Waals surface area contributed by atoms with Crippen LogP contribution in [-0.2, 0) is 10.1 Å². The summed E-state index contributed by atoms with van der Waals surface area (Å²) < 4.78 is 36.5. The average molecular weight is 623 g/mol. The first-order valence-electron chi connectivity index (χ1n) is 16.4. The lowest BCUT2D eigenvalue weighted by atomic mass is 9.42. The van der Waals surface area contributed by atoms with Crippen LogP contribution in [-0.4, -0.2) is 42.8 Å². The lowest BCUT2D eigenvalue weighted by Gasteiger charge is -2.63. The molecule has 7 nitrogen and oxygen atoms in total. The molecule has 1 amide bonds. The summed E-state index contributed by atoms with van der Waals surface area (Å²) in [6, 6.07) is 1.47. The predicted octanol–water partition coefficient (Wildman–Crippen LogP) is 7.44. The third-order valence-electron chi connectivity index (χ3n) is 12.6. The molecule has 4 saturated carbocycles. The van der Waals surface area contributed by atoms with E-state index >= 15 is 0 Å². The number of hydrogen-bond acceptors (Lipinski definition) is 5. The largest absolute Gasteiger partial charge is 0.477 e. The summed E-state index contributed by atoms with van der Waals surface area (Å²) in [6.07, 6.45) is 16.4. The zero-order chi connectivity index (χ0) is 30.3. The number of pyridine rings is 1. The van der Waals surface area contributed by atoms with Crippen LogP contribution >= 0.6 is 11.6 Å². The number of fused-ring (bicyclic) bond motifs is 5. The van der Waals surface area contributed by atoms with E-state index in [0.717, 1.165) is 36.0 Å². The standard InChI is InChI=1S/C33H51ClN2O5S/c1-5-22-18-24-27-10-9-25(33(27,4)14-11-28(24)32(3)13-7-6-8-26(22)32)21(2)12-16-41-31-29(34)19-23(20-36-31)30(37)35-15-17-42(38,39)40/h19-22,24-28H,5-18H2,1-4H3,(H,35,37)(H,38,39,40)/t21-,22+,24+,25-,26+,27?,28+,32+,33-/m1/s1. The van der Waals surface area contributed by atoms with Crippen molar-refractivity contribution in [3.63, 3.8) is 0 Å². The first kappa shape index (κ1) is 32.0. The molecule has 1 heterocycles. The number of rotatable bonds is 10. The molecule has 4 aliphatic rings. The second-order valence-electron chi connectivity index (χ2n) is 14.5. The number of nitrogens with zero attached hydrogens (tertiary/aromatic N) is 1. The number of ether oxygens (including phenoxy) is 1. The summed E-state index contributed by atoms with van der Waals surface area (Å²) in [7, 11) is -4.14. The molecule has 1 unspecified atom stereocenters. The van der Waals surface area contributed by atoms with Crippen LogP contribution in [0.15, 0.2) is 12.3 Å². The van der Waals surface area contributed by atoms with Crippen LogP contribution in [0, 0.1) is 52.3 Å². The van der Waals surface area contributed by atoms with Crippen LogP contribution in [0.4, 0.5) is 0 Å². The van der Waals surface area contributed by atoms with Gasteiger partial charge in [-0.25, -0.2) is 4.98 Å². The normalized spacial score (nSPS) is 36.8. The minimum Gasteiger partial charge on any atom is -0.477 e. The van der Waals surface area contributed by atoms with E-state index < -0.39 is 21.8 Å². The fourth-order valence-electron chi connectivity index (χ4n) is 10.6. The van der Waals surface area contributed by atoms with E-state index in [1.807, 2.05) is 0 Å². The molecular weight excluding hydrogens is 572 g/mol. The molecule has 4 aliphatic carbocycles. The van der Waals surface area contributed by atoms with Crippen molar-refractivity contribution in [1.29, 1.82) is 0 Å². The van der Waals surface area contributed by atoms with Gasteiger partial charge in [0, 0.05) is 12.7 Å². The van der Waals surface area contributed by atoms with Crippen molar-refractivity contribution >= 4 is 27.6 Å². The van der Waals surface area contributed by atoms with Gasteiger partial charge in [-0.05, 0) is 110 Å². The highest BCUT2D eigenvalue weighted by molar-refractivity contribution is 7.85. The molecule has 5 rings (SSSR count). The Balaban J connectivity index is 1.17. The Kier molecular flexibility index (Phi) is 9.57. The molecule has 9 atom stereocenters. The molecular formula is C33H51ClN2O5S. The lowest BCUT2D eigenvalue weighted by molar-refractivity contribution is -0.138. The van der Waals surface area contributed by atoms with Crippen molar-refractivity contribution in [3.05, 3.63) is 22.8 Å². The minimum absolute atomic E-state index is 0.202. The maximum absolute atomic E-state index is 12.3. The van der Waals surface area contributed by atoms with E-state index in [9.17, 15) is 13.2 Å². The molecule has 2 N–H and O–H groups in total. The quantitative estimate of drug-likeness (QED) is 0.263. The van der Waals surface area contributed by atoms with Crippen molar-refractivity contribution in [2.75, 3.05) is 18.9 Å². The van der Waals surface area contributed by atoms with Crippen molar-refractivity contribution in [3.8, 4) is 5.88 Å². The van der Waals surface area contributed by atoms with Crippen molar-refractivity contribution in [1.82, 2.24) is 10.3 Å². The number of nitrogens with one attached hydrogen (secondary N) is 1. The number of amides is 1. The monoisotopic (exact) mass is 622 g/mol. The van der Waals surface area contributed by atoms with Gasteiger partial charge in [-0.2, -0.15) is 8.42 Å². The highest BCUT2D eigenvalue weighted by atomic mass is 35.5. The highest BCUT2D eigenvalue weighted by Gasteiger charge is 2.61. The Labute approximate surface area is 258 Å². The molecule has 0 saturated heterocycles. The summed E-state index contributed by atoms with van der Waals surface area (Å²) in [5, 5.41) is 2.68. The van der Waals surface area contributed by atoms with Gasteiger partial charge >= 0.3 is 0 Å². The van der Waals surface area contributed by atoms with Gasteiger partial charge in [-0.1, -0.05) is 58.6 Å². The molecule has 0 aliphatic heterocycles. The van der Waals surface area contributed by atoms with Crippen LogP contribution in [0.2, 0.25) is 5.02 Å². The van der Waals surface area contributed by atoms with Crippen LogP contribution in [0.1, 0.15) is 109 Å². The van der Waals surface area contributed by atoms with E-state index in [2.05, 4.69) is 38.0 Å². The number of aromatic nitrogens is 1. The second-order valence-corrected chi connectivity index (χ2v) is 16.5. The van der Waals surface area contributed by atoms with Crippen LogP contribution in [0.5, 0.6) is 5.88 Å². The van der Waals surface area contributed by atoms with Gasteiger partial charge in [0.05, 0.1) is 17.9 Å². The van der Waals surface area contributed by atoms with E-state index in [0.29, 0.717) is 35.2 Å². The number of hydrogen-bond donors (Lipinski definition) is 2. The number of halogens is 1. The Bertz CT molecular complexity index is 1240. The summed E-state index contributed by atoms with van der Waals surface area (Å²) in [5.41, 5.74) is 1.18. The van der Waals surface area contributed by atoms with Crippen molar-refractivity contribution in [2.24, 2.45) is 52.3 Å². The minimum atomic E-state index is -4.14. The second kappa shape index (κ2) is 12.5. The summed E-state index contributed by atoms with van der Waals surface area (Å²) in [5.74, 6) is 5.02. The zero-order valence-electron chi connectivity index (χ0n) is 25.9. The summed E-state index contributed by atoms with van der Waals surface area (Å²) in [4.78, 5) is 16.5. The van der Waals surface area contributed by atoms with E-state index in [4.69, 9.17) is 20.9 Å². The molecule has 42 heavy (non-hydrogen) atoms. The Morgan fingerprint density at radius 1 is 1.14 bits per heavy atom. The van der Waals surface area contributed by atoms with E-state index in [-0.39, 0.29) is 17.1 Å². The molecule has 4 fully saturated rings. The summed E-state index contributed by atoms with van der Waals surface area (Å²) >= 11 is 6.38. The Morgan fingerprint density at radius 3 is 2.62 bits per heavy atom. The molecule has 0 radical (unpaired) electrons. The average Bonchev–Trinajstić information content (AvgIpc) is 3.29. The summed E-state index contributed by atoms with van der Waals surface area (Å²) in [6.45, 7) is 10.5. The third-order valence-corrected chi connectivity index (χ3v) is 13.6. The molecule has 1 aromatic heterocycles. The van der Waals surface area contributed by atoms with Gasteiger partial charge in [-0.3, -0.25) is 9.35 Å². The topological polar surface area (TPSA) is 106 Å². The van der Waals surface area contributed by atoms with E-state index in [1.54, 1.807) is 0 Å². The van der Waals surface area contributed by atoms with Gasteiger partial charge in [0.15, 0.2) is 0 Å². The van der Waals surface area contributed by atoms with E-state index in [1.165, 1.54) is 76.5 Å². The maximum atomic E-state index is 12.3. The first-order valence-corrected chi connectivity index (χ1v) is 18.4. The highest BCUT2D eigenvalue weighted by Crippen LogP contribution is 2.69.